The number of halogens is 3. The zero-order valence-corrected chi connectivity index (χ0v) is 20.7. The molecule has 0 spiro atoms. The van der Waals surface area contributed by atoms with E-state index in [0.717, 1.165) is 33.2 Å². The lowest BCUT2D eigenvalue weighted by Crippen LogP contribution is -2.05. The summed E-state index contributed by atoms with van der Waals surface area (Å²) < 4.78 is 14.2. The van der Waals surface area contributed by atoms with Gasteiger partial charge in [0.25, 0.3) is 0 Å². The highest BCUT2D eigenvalue weighted by atomic mass is 127. The van der Waals surface area contributed by atoms with Gasteiger partial charge < -0.3 is 9.47 Å². The molecule has 3 rings (SSSR count). The first-order valence-corrected chi connectivity index (χ1v) is 11.1. The van der Waals surface area contributed by atoms with E-state index in [1.54, 1.807) is 6.08 Å². The van der Waals surface area contributed by atoms with Gasteiger partial charge in [-0.05, 0) is 128 Å². The van der Waals surface area contributed by atoms with Crippen LogP contribution in [0.5, 0.6) is 5.75 Å². The fourth-order valence-electron chi connectivity index (χ4n) is 2.28. The molecule has 0 unspecified atom stereocenters. The van der Waals surface area contributed by atoms with Crippen LogP contribution < -0.4 is 4.74 Å². The van der Waals surface area contributed by atoms with Crippen molar-refractivity contribution < 1.29 is 14.3 Å². The highest BCUT2D eigenvalue weighted by molar-refractivity contribution is 14.1. The molecule has 138 valence electrons. The second kappa shape index (κ2) is 9.03. The standard InChI is InChI=1S/C20H14I3NO3/c1-11(2)10-26-18-15(22)7-12(8-16(18)23)9-17-20(25)27-19(24-17)13-3-5-14(21)6-4-13/h3-9H,1,10H2,2H3/b17-9-. The summed E-state index contributed by atoms with van der Waals surface area (Å²) in [6.07, 6.45) is 1.73. The second-order valence-electron chi connectivity index (χ2n) is 5.90. The third-order valence-electron chi connectivity index (χ3n) is 3.50. The molecule has 1 aliphatic rings. The Bertz CT molecular complexity index is 955. The average Bonchev–Trinajstić information content (AvgIpc) is 2.95. The predicted octanol–water partition coefficient (Wildman–Crippen LogP) is 5.80. The third-order valence-corrected chi connectivity index (χ3v) is 5.82. The summed E-state index contributed by atoms with van der Waals surface area (Å²) in [5, 5.41) is 0. The van der Waals surface area contributed by atoms with E-state index in [0.29, 0.717) is 12.5 Å². The number of esters is 1. The summed E-state index contributed by atoms with van der Waals surface area (Å²) in [4.78, 5) is 16.6. The average molecular weight is 697 g/mol. The van der Waals surface area contributed by atoms with Crippen molar-refractivity contribution >= 4 is 85.7 Å². The van der Waals surface area contributed by atoms with Gasteiger partial charge in [-0.1, -0.05) is 6.58 Å². The van der Waals surface area contributed by atoms with Crippen LogP contribution in [-0.2, 0) is 9.53 Å². The van der Waals surface area contributed by atoms with Gasteiger partial charge in [0.15, 0.2) is 5.70 Å². The predicted molar refractivity (Wildman–Crippen MR) is 132 cm³/mol. The van der Waals surface area contributed by atoms with Crippen LogP contribution in [0.25, 0.3) is 6.08 Å². The van der Waals surface area contributed by atoms with Gasteiger partial charge in [0.05, 0.1) is 7.14 Å². The molecule has 2 aromatic rings. The number of aliphatic imine (C=N–C) groups is 1. The second-order valence-corrected chi connectivity index (χ2v) is 9.47. The molecule has 27 heavy (non-hydrogen) atoms. The summed E-state index contributed by atoms with van der Waals surface area (Å²) in [6.45, 7) is 6.25. The lowest BCUT2D eigenvalue weighted by molar-refractivity contribution is -0.129. The molecule has 0 bridgehead atoms. The molecule has 0 atom stereocenters. The van der Waals surface area contributed by atoms with Gasteiger partial charge in [0, 0.05) is 9.13 Å². The normalized spacial score (nSPS) is 14.9. The van der Waals surface area contributed by atoms with Crippen LogP contribution in [0.15, 0.2) is 59.2 Å². The van der Waals surface area contributed by atoms with Crippen molar-refractivity contribution in [2.75, 3.05) is 6.61 Å². The molecular formula is C20H14I3NO3. The monoisotopic (exact) mass is 697 g/mol. The van der Waals surface area contributed by atoms with Gasteiger partial charge in [-0.2, -0.15) is 0 Å². The summed E-state index contributed by atoms with van der Waals surface area (Å²) in [7, 11) is 0. The zero-order chi connectivity index (χ0) is 19.6. The number of benzene rings is 2. The third kappa shape index (κ3) is 5.31. The lowest BCUT2D eigenvalue weighted by Gasteiger charge is -2.11. The van der Waals surface area contributed by atoms with Crippen molar-refractivity contribution in [1.82, 2.24) is 0 Å². The van der Waals surface area contributed by atoms with Crippen molar-refractivity contribution in [3.05, 3.63) is 76.1 Å². The molecular weight excluding hydrogens is 683 g/mol. The number of nitrogens with zero attached hydrogens (tertiary/aromatic N) is 1. The van der Waals surface area contributed by atoms with Crippen LogP contribution >= 0.6 is 67.8 Å². The van der Waals surface area contributed by atoms with Crippen molar-refractivity contribution in [2.24, 2.45) is 4.99 Å². The van der Waals surface area contributed by atoms with Crippen LogP contribution in [0, 0.1) is 10.7 Å². The number of rotatable bonds is 5. The molecule has 0 saturated carbocycles. The van der Waals surface area contributed by atoms with E-state index in [-0.39, 0.29) is 5.70 Å². The first-order chi connectivity index (χ1) is 12.8. The molecule has 0 saturated heterocycles. The molecule has 1 heterocycles. The Morgan fingerprint density at radius 3 is 2.41 bits per heavy atom. The minimum atomic E-state index is -0.448. The van der Waals surface area contributed by atoms with E-state index in [1.807, 2.05) is 43.3 Å². The Morgan fingerprint density at radius 1 is 1.19 bits per heavy atom. The van der Waals surface area contributed by atoms with Gasteiger partial charge in [-0.25, -0.2) is 9.79 Å². The molecule has 0 aliphatic carbocycles. The number of cyclic esters (lactones) is 1. The fourth-order valence-corrected chi connectivity index (χ4v) is 4.77. The molecule has 7 heteroatoms. The Labute approximate surface area is 198 Å². The Balaban J connectivity index is 1.88. The van der Waals surface area contributed by atoms with Crippen molar-refractivity contribution in [2.45, 2.75) is 6.92 Å². The zero-order valence-electron chi connectivity index (χ0n) is 14.3. The summed E-state index contributed by atoms with van der Waals surface area (Å²) in [5.41, 5.74) is 2.88. The molecule has 0 fully saturated rings. The molecule has 1 aliphatic heterocycles. The quantitative estimate of drug-likeness (QED) is 0.172. The molecule has 0 aromatic heterocycles. The van der Waals surface area contributed by atoms with Gasteiger partial charge in [0.2, 0.25) is 5.90 Å². The van der Waals surface area contributed by atoms with Gasteiger partial charge in [0.1, 0.15) is 12.4 Å². The van der Waals surface area contributed by atoms with Gasteiger partial charge >= 0.3 is 5.97 Å². The molecule has 0 N–H and O–H groups in total. The number of hydrogen-bond donors (Lipinski definition) is 0. The topological polar surface area (TPSA) is 47.9 Å². The molecule has 0 radical (unpaired) electrons. The molecule has 0 amide bonds. The highest BCUT2D eigenvalue weighted by Gasteiger charge is 2.24. The first kappa shape index (κ1) is 20.8. The Morgan fingerprint density at radius 2 is 1.81 bits per heavy atom. The summed E-state index contributed by atoms with van der Waals surface area (Å²) >= 11 is 6.68. The van der Waals surface area contributed by atoms with Gasteiger partial charge in [-0.3, -0.25) is 0 Å². The highest BCUT2D eigenvalue weighted by Crippen LogP contribution is 2.31. The van der Waals surface area contributed by atoms with Gasteiger partial charge in [-0.15, -0.1) is 0 Å². The SMILES string of the molecule is C=C(C)COc1c(I)cc(/C=C2\N=C(c3ccc(I)cc3)OC2=O)cc1I. The number of carbonyl (C=O) groups is 1. The lowest BCUT2D eigenvalue weighted by atomic mass is 10.2. The van der Waals surface area contributed by atoms with E-state index in [4.69, 9.17) is 9.47 Å². The van der Waals surface area contributed by atoms with Crippen LogP contribution in [0.3, 0.4) is 0 Å². The van der Waals surface area contributed by atoms with Crippen LogP contribution in [0.2, 0.25) is 0 Å². The van der Waals surface area contributed by atoms with Crippen LogP contribution in [0.4, 0.5) is 0 Å². The van der Waals surface area contributed by atoms with E-state index in [2.05, 4.69) is 79.3 Å². The number of hydrogen-bond acceptors (Lipinski definition) is 4. The molecule has 4 nitrogen and oxygen atoms in total. The van der Waals surface area contributed by atoms with Crippen LogP contribution in [-0.4, -0.2) is 18.5 Å². The number of ether oxygens (including phenoxy) is 2. The first-order valence-electron chi connectivity index (χ1n) is 7.88. The number of carbonyl (C=O) groups excluding carboxylic acids is 1. The smallest absolute Gasteiger partial charge is 0.363 e. The van der Waals surface area contributed by atoms with E-state index in [1.165, 1.54) is 0 Å². The largest absolute Gasteiger partial charge is 0.487 e. The van der Waals surface area contributed by atoms with E-state index >= 15 is 0 Å². The maximum atomic E-state index is 12.2. The molecule has 2 aromatic carbocycles. The maximum Gasteiger partial charge on any atom is 0.363 e. The summed E-state index contributed by atoms with van der Waals surface area (Å²) in [5.74, 6) is 0.697. The van der Waals surface area contributed by atoms with Crippen LogP contribution in [0.1, 0.15) is 18.1 Å². The summed E-state index contributed by atoms with van der Waals surface area (Å²) in [6, 6.07) is 11.6. The Hall–Kier alpha value is -0.950. The van der Waals surface area contributed by atoms with E-state index in [9.17, 15) is 4.79 Å². The van der Waals surface area contributed by atoms with Crippen molar-refractivity contribution in [3.8, 4) is 5.75 Å². The van der Waals surface area contributed by atoms with Crippen molar-refractivity contribution in [3.63, 3.8) is 0 Å². The van der Waals surface area contributed by atoms with Crippen molar-refractivity contribution in [1.29, 1.82) is 0 Å². The fraction of sp³-hybridized carbons (Fsp3) is 0.100. The Kier molecular flexibility index (Phi) is 6.95. The minimum absolute atomic E-state index is 0.283. The minimum Gasteiger partial charge on any atom is -0.487 e. The van der Waals surface area contributed by atoms with E-state index < -0.39 is 5.97 Å². The maximum absolute atomic E-state index is 12.2.